The average Bonchev–Trinajstić information content (AvgIpc) is 2.93. The fourth-order valence-corrected chi connectivity index (χ4v) is 4.65. The molecular weight excluding hydrogens is 396 g/mol. The first-order chi connectivity index (χ1) is 14.7. The molecule has 2 aliphatic heterocycles. The standard InChI is InChI=1S/C25H31ClN2O2/c26-22-11-9-19(10-12-22)20-13-16-28(17-14-20)15-5-1-2-8-24-25(29)27-18-21-6-3-4-7-23(21)30-24/h3-4,6-7,9-12,20,24H,1-2,5,8,13-18H2,(H,27,29). The van der Waals surface area contributed by atoms with Gasteiger partial charge in [0.1, 0.15) is 5.75 Å². The van der Waals surface area contributed by atoms with Crippen LogP contribution in [0.4, 0.5) is 0 Å². The van der Waals surface area contributed by atoms with E-state index >= 15 is 0 Å². The van der Waals surface area contributed by atoms with E-state index in [9.17, 15) is 4.79 Å². The largest absolute Gasteiger partial charge is 0.480 e. The molecule has 0 aliphatic carbocycles. The van der Waals surface area contributed by atoms with Crippen molar-refractivity contribution in [2.24, 2.45) is 0 Å². The quantitative estimate of drug-likeness (QED) is 0.622. The van der Waals surface area contributed by atoms with E-state index in [2.05, 4.69) is 22.3 Å². The Balaban J connectivity index is 1.14. The van der Waals surface area contributed by atoms with Gasteiger partial charge in [0.25, 0.3) is 5.91 Å². The number of hydrogen-bond acceptors (Lipinski definition) is 3. The summed E-state index contributed by atoms with van der Waals surface area (Å²) >= 11 is 6.01. The molecule has 1 saturated heterocycles. The molecule has 2 aromatic rings. The molecule has 1 amide bonds. The minimum absolute atomic E-state index is 0.00970. The van der Waals surface area contributed by atoms with Crippen molar-refractivity contribution in [1.29, 1.82) is 0 Å². The minimum Gasteiger partial charge on any atom is -0.480 e. The summed E-state index contributed by atoms with van der Waals surface area (Å²) in [5.74, 6) is 1.51. The lowest BCUT2D eigenvalue weighted by Gasteiger charge is -2.32. The van der Waals surface area contributed by atoms with E-state index in [0.29, 0.717) is 12.5 Å². The van der Waals surface area contributed by atoms with Crippen LogP contribution in [0.25, 0.3) is 0 Å². The number of hydrogen-bond donors (Lipinski definition) is 1. The maximum Gasteiger partial charge on any atom is 0.261 e. The van der Waals surface area contributed by atoms with Crippen molar-refractivity contribution in [3.8, 4) is 5.75 Å². The molecule has 4 rings (SSSR count). The first kappa shape index (κ1) is 21.2. The zero-order chi connectivity index (χ0) is 20.8. The zero-order valence-electron chi connectivity index (χ0n) is 17.5. The molecule has 4 nitrogen and oxygen atoms in total. The molecule has 30 heavy (non-hydrogen) atoms. The summed E-state index contributed by atoms with van der Waals surface area (Å²) < 4.78 is 6.00. The molecule has 5 heteroatoms. The highest BCUT2D eigenvalue weighted by Crippen LogP contribution is 2.29. The van der Waals surface area contributed by atoms with E-state index in [1.165, 1.54) is 24.8 Å². The van der Waals surface area contributed by atoms with Gasteiger partial charge < -0.3 is 15.0 Å². The van der Waals surface area contributed by atoms with Gasteiger partial charge in [-0.1, -0.05) is 48.4 Å². The van der Waals surface area contributed by atoms with E-state index in [-0.39, 0.29) is 12.0 Å². The molecule has 160 valence electrons. The van der Waals surface area contributed by atoms with Crippen LogP contribution in [-0.2, 0) is 11.3 Å². The maximum atomic E-state index is 12.3. The van der Waals surface area contributed by atoms with Crippen LogP contribution in [0.5, 0.6) is 5.75 Å². The molecule has 0 radical (unpaired) electrons. The monoisotopic (exact) mass is 426 g/mol. The first-order valence-corrected chi connectivity index (χ1v) is 11.6. The molecule has 0 saturated carbocycles. The van der Waals surface area contributed by atoms with E-state index in [0.717, 1.165) is 55.2 Å². The van der Waals surface area contributed by atoms with Crippen molar-refractivity contribution in [3.05, 3.63) is 64.7 Å². The van der Waals surface area contributed by atoms with Crippen LogP contribution in [0.15, 0.2) is 48.5 Å². The van der Waals surface area contributed by atoms with Gasteiger partial charge in [0.05, 0.1) is 0 Å². The Morgan fingerprint density at radius 1 is 1.00 bits per heavy atom. The van der Waals surface area contributed by atoms with Gasteiger partial charge >= 0.3 is 0 Å². The summed E-state index contributed by atoms with van der Waals surface area (Å²) in [7, 11) is 0. The highest BCUT2D eigenvalue weighted by molar-refractivity contribution is 6.30. The molecule has 2 aromatic carbocycles. The number of para-hydroxylation sites is 1. The number of carbonyl (C=O) groups is 1. The fourth-order valence-electron chi connectivity index (χ4n) is 4.52. The topological polar surface area (TPSA) is 41.6 Å². The predicted octanol–water partition coefficient (Wildman–Crippen LogP) is 5.16. The summed E-state index contributed by atoms with van der Waals surface area (Å²) in [6, 6.07) is 16.2. The molecule has 2 aliphatic rings. The van der Waals surface area contributed by atoms with Gasteiger partial charge in [-0.15, -0.1) is 0 Å². The Kier molecular flexibility index (Phi) is 7.29. The van der Waals surface area contributed by atoms with Crippen molar-refractivity contribution in [1.82, 2.24) is 10.2 Å². The first-order valence-electron chi connectivity index (χ1n) is 11.2. The molecule has 1 fully saturated rings. The number of ether oxygens (including phenoxy) is 1. The second-order valence-corrected chi connectivity index (χ2v) is 8.89. The number of nitrogens with one attached hydrogen (secondary N) is 1. The molecule has 0 bridgehead atoms. The normalized spacial score (nSPS) is 20.2. The lowest BCUT2D eigenvalue weighted by Crippen LogP contribution is -2.35. The number of benzene rings is 2. The number of halogens is 1. The van der Waals surface area contributed by atoms with Crippen molar-refractivity contribution >= 4 is 17.5 Å². The Bertz CT molecular complexity index is 831. The number of fused-ring (bicyclic) bond motifs is 1. The number of likely N-dealkylation sites (tertiary alicyclic amines) is 1. The van der Waals surface area contributed by atoms with Crippen LogP contribution >= 0.6 is 11.6 Å². The smallest absolute Gasteiger partial charge is 0.261 e. The average molecular weight is 427 g/mol. The van der Waals surface area contributed by atoms with Gasteiger partial charge in [-0.2, -0.15) is 0 Å². The summed E-state index contributed by atoms with van der Waals surface area (Å²) in [6.07, 6.45) is 6.17. The Morgan fingerprint density at radius 2 is 1.77 bits per heavy atom. The van der Waals surface area contributed by atoms with Crippen LogP contribution in [0.1, 0.15) is 55.6 Å². The number of nitrogens with zero attached hydrogens (tertiary/aromatic N) is 1. The van der Waals surface area contributed by atoms with E-state index in [1.807, 2.05) is 36.4 Å². The van der Waals surface area contributed by atoms with Crippen molar-refractivity contribution in [2.75, 3.05) is 19.6 Å². The van der Waals surface area contributed by atoms with Crippen molar-refractivity contribution in [2.45, 2.75) is 57.1 Å². The maximum absolute atomic E-state index is 12.3. The number of piperidine rings is 1. The Morgan fingerprint density at radius 3 is 2.57 bits per heavy atom. The third-order valence-corrected chi connectivity index (χ3v) is 6.61. The molecule has 1 N–H and O–H groups in total. The van der Waals surface area contributed by atoms with Crippen LogP contribution < -0.4 is 10.1 Å². The molecule has 1 unspecified atom stereocenters. The highest BCUT2D eigenvalue weighted by Gasteiger charge is 2.24. The number of amides is 1. The Hall–Kier alpha value is -2.04. The summed E-state index contributed by atoms with van der Waals surface area (Å²) in [4.78, 5) is 14.9. The lowest BCUT2D eigenvalue weighted by molar-refractivity contribution is -0.127. The van der Waals surface area contributed by atoms with Crippen LogP contribution in [0.3, 0.4) is 0 Å². The molecule has 0 spiro atoms. The van der Waals surface area contributed by atoms with Crippen LogP contribution in [-0.4, -0.2) is 36.5 Å². The number of rotatable bonds is 7. The van der Waals surface area contributed by atoms with Gasteiger partial charge in [0.2, 0.25) is 0 Å². The van der Waals surface area contributed by atoms with Crippen LogP contribution in [0, 0.1) is 0 Å². The fraction of sp³-hybridized carbons (Fsp3) is 0.480. The van der Waals surface area contributed by atoms with Gasteiger partial charge in [-0.3, -0.25) is 4.79 Å². The van der Waals surface area contributed by atoms with Crippen molar-refractivity contribution < 1.29 is 9.53 Å². The van der Waals surface area contributed by atoms with Crippen molar-refractivity contribution in [3.63, 3.8) is 0 Å². The predicted molar refractivity (Wildman–Crippen MR) is 121 cm³/mol. The van der Waals surface area contributed by atoms with E-state index < -0.39 is 0 Å². The highest BCUT2D eigenvalue weighted by atomic mass is 35.5. The van der Waals surface area contributed by atoms with Gasteiger partial charge in [-0.25, -0.2) is 0 Å². The summed E-state index contributed by atoms with van der Waals surface area (Å²) in [6.45, 7) is 4.03. The Labute approximate surface area is 184 Å². The summed E-state index contributed by atoms with van der Waals surface area (Å²) in [5, 5.41) is 3.80. The SMILES string of the molecule is O=C1NCc2ccccc2OC1CCCCCN1CCC(c2ccc(Cl)cc2)CC1. The number of unbranched alkanes of at least 4 members (excludes halogenated alkanes) is 2. The third-order valence-electron chi connectivity index (χ3n) is 6.36. The molecule has 2 heterocycles. The summed E-state index contributed by atoms with van der Waals surface area (Å²) in [5.41, 5.74) is 2.47. The molecule has 0 aromatic heterocycles. The van der Waals surface area contributed by atoms with Gasteiger partial charge in [-0.05, 0) is 81.4 Å². The van der Waals surface area contributed by atoms with E-state index in [4.69, 9.17) is 16.3 Å². The van der Waals surface area contributed by atoms with Crippen LogP contribution in [0.2, 0.25) is 5.02 Å². The lowest BCUT2D eigenvalue weighted by atomic mass is 9.89. The third kappa shape index (κ3) is 5.55. The van der Waals surface area contributed by atoms with Gasteiger partial charge in [0.15, 0.2) is 6.10 Å². The minimum atomic E-state index is -0.372. The zero-order valence-corrected chi connectivity index (χ0v) is 18.2. The second kappa shape index (κ2) is 10.3. The van der Waals surface area contributed by atoms with Gasteiger partial charge in [0, 0.05) is 17.1 Å². The second-order valence-electron chi connectivity index (χ2n) is 8.45. The van der Waals surface area contributed by atoms with E-state index in [1.54, 1.807) is 0 Å². The molecular formula is C25H31ClN2O2. The number of carbonyl (C=O) groups excluding carboxylic acids is 1. The molecule has 1 atom stereocenters.